The summed E-state index contributed by atoms with van der Waals surface area (Å²) in [5.74, 6) is -2.55. The lowest BCUT2D eigenvalue weighted by atomic mass is 9.87. The van der Waals surface area contributed by atoms with E-state index < -0.39 is 12.1 Å². The average molecular weight is 513 g/mol. The van der Waals surface area contributed by atoms with E-state index >= 15 is 0 Å². The monoisotopic (exact) mass is 512 g/mol. The Morgan fingerprint density at radius 1 is 1.03 bits per heavy atom. The minimum Gasteiger partial charge on any atom is -0.475 e. The number of nitrogens with zero attached hydrogens (tertiary/aromatic N) is 2. The Hall–Kier alpha value is -2.39. The number of carboxylic acid groups (broad SMARTS) is 1. The molecule has 1 amide bonds. The van der Waals surface area contributed by atoms with E-state index in [4.69, 9.17) is 9.90 Å². The lowest BCUT2D eigenvalue weighted by Gasteiger charge is -2.48. The van der Waals surface area contributed by atoms with Gasteiger partial charge < -0.3 is 10.0 Å². The van der Waals surface area contributed by atoms with Crippen LogP contribution >= 0.6 is 15.9 Å². The highest BCUT2D eigenvalue weighted by atomic mass is 79.9. The molecule has 3 aliphatic rings. The van der Waals surface area contributed by atoms with Gasteiger partial charge in [-0.15, -0.1) is 0 Å². The van der Waals surface area contributed by atoms with Gasteiger partial charge in [0.25, 0.3) is 0 Å². The maximum absolute atomic E-state index is 12.2. The molecule has 0 saturated carbocycles. The molecule has 0 aliphatic carbocycles. The molecule has 0 aromatic heterocycles. The highest BCUT2D eigenvalue weighted by molar-refractivity contribution is 9.10. The Morgan fingerprint density at radius 2 is 1.62 bits per heavy atom. The van der Waals surface area contributed by atoms with Crippen molar-refractivity contribution in [3.05, 3.63) is 69.7 Å². The first kappa shape index (κ1) is 24.3. The number of rotatable bonds is 2. The maximum Gasteiger partial charge on any atom is 0.490 e. The Kier molecular flexibility index (Phi) is 7.61. The summed E-state index contributed by atoms with van der Waals surface area (Å²) in [6, 6.07) is 17.9. The number of hydrogen-bond donors (Lipinski definition) is 1. The number of alkyl halides is 3. The van der Waals surface area contributed by atoms with Crippen LogP contribution in [0.25, 0.3) is 0 Å². The molecule has 32 heavy (non-hydrogen) atoms. The fourth-order valence-electron chi connectivity index (χ4n) is 4.29. The van der Waals surface area contributed by atoms with Crippen LogP contribution in [-0.4, -0.2) is 58.1 Å². The van der Waals surface area contributed by atoms with Crippen LogP contribution in [0.3, 0.4) is 0 Å². The highest BCUT2D eigenvalue weighted by Gasteiger charge is 2.38. The Labute approximate surface area is 192 Å². The van der Waals surface area contributed by atoms with Crippen LogP contribution in [0.15, 0.2) is 53.0 Å². The summed E-state index contributed by atoms with van der Waals surface area (Å²) < 4.78 is 32.9. The summed E-state index contributed by atoms with van der Waals surface area (Å²) >= 11 is 3.57. The molecule has 0 radical (unpaired) electrons. The molecule has 0 spiro atoms. The van der Waals surface area contributed by atoms with Crippen molar-refractivity contribution in [2.75, 3.05) is 13.1 Å². The molecule has 1 saturated heterocycles. The van der Waals surface area contributed by atoms with Gasteiger partial charge >= 0.3 is 12.1 Å². The molecule has 9 heteroatoms. The number of benzene rings is 2. The molecule has 5 rings (SSSR count). The minimum atomic E-state index is -5.08. The SMILES string of the molecule is CC(=O)N1CC2Cc3ccccc3CC1CN2Cc1cccc(Br)c1.O=C(O)C(F)(F)F. The number of fused-ring (bicyclic) bond motifs is 2. The normalized spacial score (nSPS) is 20.5. The van der Waals surface area contributed by atoms with Gasteiger partial charge in [0, 0.05) is 43.1 Å². The van der Waals surface area contributed by atoms with Gasteiger partial charge in [-0.2, -0.15) is 13.2 Å². The standard InChI is InChI=1S/C21H23BrN2O.C2HF3O2/c1-15(25)24-14-20-10-17-6-2-3-7-18(17)11-21(24)13-23(20)12-16-5-4-8-19(22)9-16;3-2(4,5)1(6)7/h2-9,20-21H,10-14H2,1H3;(H,6,7). The van der Waals surface area contributed by atoms with Gasteiger partial charge in [0.1, 0.15) is 0 Å². The first-order valence-electron chi connectivity index (χ1n) is 10.2. The van der Waals surface area contributed by atoms with Crippen molar-refractivity contribution in [1.29, 1.82) is 0 Å². The van der Waals surface area contributed by atoms with Crippen molar-refractivity contribution in [2.24, 2.45) is 0 Å². The molecule has 1 fully saturated rings. The van der Waals surface area contributed by atoms with Crippen LogP contribution in [0.5, 0.6) is 0 Å². The molecule has 5 nitrogen and oxygen atoms in total. The maximum atomic E-state index is 12.2. The summed E-state index contributed by atoms with van der Waals surface area (Å²) in [6.45, 7) is 4.43. The van der Waals surface area contributed by atoms with Gasteiger partial charge in [-0.05, 0) is 41.7 Å². The third-order valence-electron chi connectivity index (χ3n) is 5.76. The second-order valence-corrected chi connectivity index (χ2v) is 8.93. The summed E-state index contributed by atoms with van der Waals surface area (Å²) in [5.41, 5.74) is 4.17. The van der Waals surface area contributed by atoms with E-state index in [2.05, 4.69) is 74.3 Å². The Morgan fingerprint density at radius 3 is 2.16 bits per heavy atom. The van der Waals surface area contributed by atoms with Crippen LogP contribution in [0, 0.1) is 0 Å². The lowest BCUT2D eigenvalue weighted by molar-refractivity contribution is -0.192. The first-order valence-corrected chi connectivity index (χ1v) is 11.0. The van der Waals surface area contributed by atoms with Crippen LogP contribution in [0.4, 0.5) is 13.2 Å². The summed E-state index contributed by atoms with van der Waals surface area (Å²) in [7, 11) is 0. The molecular formula is C23H24BrF3N2O3. The van der Waals surface area contributed by atoms with E-state index in [0.717, 1.165) is 36.9 Å². The zero-order valence-electron chi connectivity index (χ0n) is 17.5. The topological polar surface area (TPSA) is 60.9 Å². The number of carboxylic acids is 1. The van der Waals surface area contributed by atoms with Gasteiger partial charge in [-0.25, -0.2) is 4.79 Å². The fourth-order valence-corrected chi connectivity index (χ4v) is 4.74. The molecule has 3 aliphatic heterocycles. The van der Waals surface area contributed by atoms with E-state index in [1.165, 1.54) is 16.7 Å². The van der Waals surface area contributed by atoms with Crippen molar-refractivity contribution in [3.8, 4) is 0 Å². The molecule has 2 unspecified atom stereocenters. The fraction of sp³-hybridized carbons (Fsp3) is 0.391. The molecule has 1 N–H and O–H groups in total. The Balaban J connectivity index is 0.000000360. The molecule has 2 bridgehead atoms. The minimum absolute atomic E-state index is 0.205. The van der Waals surface area contributed by atoms with Crippen molar-refractivity contribution < 1.29 is 27.9 Å². The van der Waals surface area contributed by atoms with E-state index in [1.54, 1.807) is 6.92 Å². The predicted octanol–water partition coefficient (Wildman–Crippen LogP) is 4.28. The molecular weight excluding hydrogens is 489 g/mol. The van der Waals surface area contributed by atoms with Gasteiger partial charge in [0.15, 0.2) is 0 Å². The van der Waals surface area contributed by atoms with Crippen molar-refractivity contribution in [3.63, 3.8) is 0 Å². The lowest BCUT2D eigenvalue weighted by Crippen LogP contribution is -2.61. The van der Waals surface area contributed by atoms with E-state index in [1.807, 2.05) is 0 Å². The largest absolute Gasteiger partial charge is 0.490 e. The zero-order chi connectivity index (χ0) is 23.5. The number of carbonyl (C=O) groups excluding carboxylic acids is 1. The van der Waals surface area contributed by atoms with Gasteiger partial charge in [-0.3, -0.25) is 9.69 Å². The number of amides is 1. The summed E-state index contributed by atoms with van der Waals surface area (Å²) in [5, 5.41) is 7.12. The molecule has 2 atom stereocenters. The number of hydrogen-bond acceptors (Lipinski definition) is 3. The van der Waals surface area contributed by atoms with Crippen LogP contribution in [0.2, 0.25) is 0 Å². The quantitative estimate of drug-likeness (QED) is 0.652. The van der Waals surface area contributed by atoms with Crippen molar-refractivity contribution >= 4 is 27.8 Å². The third kappa shape index (κ3) is 6.10. The first-order chi connectivity index (χ1) is 15.0. The molecule has 3 heterocycles. The number of halogens is 4. The second kappa shape index (κ2) is 10.0. The van der Waals surface area contributed by atoms with Crippen molar-refractivity contribution in [1.82, 2.24) is 9.80 Å². The number of carbonyl (C=O) groups is 2. The van der Waals surface area contributed by atoms with E-state index in [-0.39, 0.29) is 11.9 Å². The molecule has 2 aromatic carbocycles. The smallest absolute Gasteiger partial charge is 0.475 e. The Bertz CT molecular complexity index is 983. The summed E-state index contributed by atoms with van der Waals surface area (Å²) in [4.78, 5) is 25.7. The number of aliphatic carboxylic acids is 1. The predicted molar refractivity (Wildman–Crippen MR) is 117 cm³/mol. The van der Waals surface area contributed by atoms with Gasteiger partial charge in [0.05, 0.1) is 0 Å². The van der Waals surface area contributed by atoms with Crippen LogP contribution < -0.4 is 0 Å². The van der Waals surface area contributed by atoms with E-state index in [9.17, 15) is 18.0 Å². The second-order valence-electron chi connectivity index (χ2n) is 8.02. The third-order valence-corrected chi connectivity index (χ3v) is 6.25. The molecule has 172 valence electrons. The average Bonchev–Trinajstić information content (AvgIpc) is 2.68. The summed E-state index contributed by atoms with van der Waals surface area (Å²) in [6.07, 6.45) is -3.11. The van der Waals surface area contributed by atoms with Crippen LogP contribution in [-0.2, 0) is 29.0 Å². The van der Waals surface area contributed by atoms with Crippen molar-refractivity contribution in [2.45, 2.75) is 44.6 Å². The van der Waals surface area contributed by atoms with Gasteiger partial charge in [0.2, 0.25) is 5.91 Å². The number of piperazine rings is 1. The van der Waals surface area contributed by atoms with E-state index in [0.29, 0.717) is 6.04 Å². The van der Waals surface area contributed by atoms with Crippen LogP contribution in [0.1, 0.15) is 23.6 Å². The molecule has 2 aromatic rings. The highest BCUT2D eigenvalue weighted by Crippen LogP contribution is 2.29. The zero-order valence-corrected chi connectivity index (χ0v) is 19.1. The van der Waals surface area contributed by atoms with Gasteiger partial charge in [-0.1, -0.05) is 52.3 Å².